The van der Waals surface area contributed by atoms with Crippen LogP contribution in [0.15, 0.2) is 48.5 Å². The van der Waals surface area contributed by atoms with Gasteiger partial charge in [0.05, 0.1) is 16.4 Å². The van der Waals surface area contributed by atoms with Gasteiger partial charge in [-0.25, -0.2) is 4.98 Å². The average molecular weight is 516 g/mol. The Morgan fingerprint density at radius 2 is 1.78 bits per heavy atom. The number of hydrogen-bond acceptors (Lipinski definition) is 6. The Balaban J connectivity index is 1.31. The number of hydrogen-bond donors (Lipinski definition) is 1. The quantitative estimate of drug-likeness (QED) is 0.397. The number of carbonyl (C=O) groups is 1. The number of aryl methyl sites for hydroxylation is 1. The predicted molar refractivity (Wildman–Crippen MR) is 147 cm³/mol. The zero-order chi connectivity index (χ0) is 25.4. The first-order valence-electron chi connectivity index (χ1n) is 13.0. The Labute approximate surface area is 221 Å². The Hall–Kier alpha value is -3.65. The van der Waals surface area contributed by atoms with Crippen LogP contribution in [0.1, 0.15) is 37.4 Å². The molecule has 0 atom stereocenters. The minimum absolute atomic E-state index is 0.209. The lowest BCUT2D eigenvalue weighted by molar-refractivity contribution is -0.131. The molecule has 0 radical (unpaired) electrons. The fourth-order valence-corrected chi connectivity index (χ4v) is 5.58. The van der Waals surface area contributed by atoms with Gasteiger partial charge < -0.3 is 15.1 Å². The number of piperazine rings is 1. The molecule has 2 aromatic carbocycles. The Morgan fingerprint density at radius 3 is 2.54 bits per heavy atom. The fraction of sp³-hybridized carbons (Fsp3) is 0.357. The molecular weight excluding hydrogens is 486 g/mol. The summed E-state index contributed by atoms with van der Waals surface area (Å²) >= 11 is 6.79. The standard InChI is InChI=1S/C28H30ClN7O/c1-2-25(37)35-16-14-34(15-17-35)24-13-12-20(18-22(24)29)30-27-21-10-6-7-11-23(21)31-28-32-26(33-36(27)28)19-8-4-3-5-9-19/h3-5,8-9,12-13,18,30H,2,6-7,10-11,14-17H2,1H3. The van der Waals surface area contributed by atoms with Crippen LogP contribution in [0.25, 0.3) is 17.2 Å². The monoisotopic (exact) mass is 515 g/mol. The van der Waals surface area contributed by atoms with Gasteiger partial charge in [-0.05, 0) is 43.9 Å². The van der Waals surface area contributed by atoms with Gasteiger partial charge in [-0.2, -0.15) is 9.50 Å². The van der Waals surface area contributed by atoms with E-state index in [1.165, 1.54) is 5.56 Å². The smallest absolute Gasteiger partial charge is 0.254 e. The van der Waals surface area contributed by atoms with E-state index in [9.17, 15) is 4.79 Å². The number of halogens is 1. The molecule has 1 N–H and O–H groups in total. The molecule has 2 aliphatic rings. The number of benzene rings is 2. The van der Waals surface area contributed by atoms with Crippen LogP contribution in [0.4, 0.5) is 17.2 Å². The third-order valence-electron chi connectivity index (χ3n) is 7.28. The Morgan fingerprint density at radius 1 is 1.00 bits per heavy atom. The Kier molecular flexibility index (Phi) is 6.42. The van der Waals surface area contributed by atoms with E-state index in [4.69, 9.17) is 26.7 Å². The number of rotatable bonds is 5. The summed E-state index contributed by atoms with van der Waals surface area (Å²) in [5, 5.41) is 9.12. The lowest BCUT2D eigenvalue weighted by atomic mass is 9.96. The first-order valence-corrected chi connectivity index (χ1v) is 13.4. The maximum atomic E-state index is 12.0. The third-order valence-corrected chi connectivity index (χ3v) is 7.58. The van der Waals surface area contributed by atoms with Gasteiger partial charge in [-0.3, -0.25) is 4.79 Å². The molecule has 9 heteroatoms. The molecule has 1 saturated heterocycles. The molecule has 3 heterocycles. The molecular formula is C28H30ClN7O. The SMILES string of the molecule is CCC(=O)N1CCN(c2ccc(Nc3c4c(nc5nc(-c6ccccc6)nn35)CCCC4)cc2Cl)CC1. The third kappa shape index (κ3) is 4.62. The summed E-state index contributed by atoms with van der Waals surface area (Å²) in [6.07, 6.45) is 4.70. The average Bonchev–Trinajstić information content (AvgIpc) is 3.37. The van der Waals surface area contributed by atoms with Gasteiger partial charge in [0.25, 0.3) is 5.78 Å². The van der Waals surface area contributed by atoms with Gasteiger partial charge in [0.1, 0.15) is 5.82 Å². The number of anilines is 3. The molecule has 190 valence electrons. The molecule has 4 aromatic rings. The van der Waals surface area contributed by atoms with Crippen molar-refractivity contribution >= 4 is 40.5 Å². The highest BCUT2D eigenvalue weighted by atomic mass is 35.5. The van der Waals surface area contributed by atoms with Crippen molar-refractivity contribution in [3.63, 3.8) is 0 Å². The van der Waals surface area contributed by atoms with Crippen molar-refractivity contribution in [3.05, 3.63) is 64.8 Å². The van der Waals surface area contributed by atoms with Crippen molar-refractivity contribution in [3.8, 4) is 11.4 Å². The number of fused-ring (bicyclic) bond motifs is 2. The van der Waals surface area contributed by atoms with E-state index >= 15 is 0 Å². The zero-order valence-electron chi connectivity index (χ0n) is 21.0. The van der Waals surface area contributed by atoms with Gasteiger partial charge >= 0.3 is 0 Å². The molecule has 1 fully saturated rings. The van der Waals surface area contributed by atoms with Crippen molar-refractivity contribution in [2.24, 2.45) is 0 Å². The maximum Gasteiger partial charge on any atom is 0.254 e. The second kappa shape index (κ2) is 10.0. The fourth-order valence-electron chi connectivity index (χ4n) is 5.28. The van der Waals surface area contributed by atoms with E-state index in [1.54, 1.807) is 0 Å². The van der Waals surface area contributed by atoms with Gasteiger partial charge in [-0.15, -0.1) is 5.10 Å². The molecule has 1 aliphatic carbocycles. The van der Waals surface area contributed by atoms with Crippen LogP contribution in [0.2, 0.25) is 5.02 Å². The highest BCUT2D eigenvalue weighted by molar-refractivity contribution is 6.33. The first-order chi connectivity index (χ1) is 18.1. The van der Waals surface area contributed by atoms with Crippen molar-refractivity contribution in [2.45, 2.75) is 39.0 Å². The van der Waals surface area contributed by atoms with Crippen molar-refractivity contribution < 1.29 is 4.79 Å². The van der Waals surface area contributed by atoms with Gasteiger partial charge in [-0.1, -0.05) is 48.9 Å². The molecule has 0 spiro atoms. The highest BCUT2D eigenvalue weighted by Crippen LogP contribution is 2.34. The number of nitrogens with zero attached hydrogens (tertiary/aromatic N) is 6. The highest BCUT2D eigenvalue weighted by Gasteiger charge is 2.23. The minimum Gasteiger partial charge on any atom is -0.367 e. The summed E-state index contributed by atoms with van der Waals surface area (Å²) in [5.41, 5.74) is 5.14. The minimum atomic E-state index is 0.209. The van der Waals surface area contributed by atoms with Gasteiger partial charge in [0, 0.05) is 49.4 Å². The van der Waals surface area contributed by atoms with E-state index in [2.05, 4.69) is 22.3 Å². The maximum absolute atomic E-state index is 12.0. The van der Waals surface area contributed by atoms with Crippen LogP contribution in [0.3, 0.4) is 0 Å². The molecule has 1 aliphatic heterocycles. The second-order valence-corrected chi connectivity index (χ2v) is 10.0. The largest absolute Gasteiger partial charge is 0.367 e. The summed E-state index contributed by atoms with van der Waals surface area (Å²) in [6, 6.07) is 16.1. The van der Waals surface area contributed by atoms with Crippen LogP contribution >= 0.6 is 11.6 Å². The number of carbonyl (C=O) groups excluding carboxylic acids is 1. The van der Waals surface area contributed by atoms with Crippen LogP contribution < -0.4 is 10.2 Å². The molecule has 0 bridgehead atoms. The van der Waals surface area contributed by atoms with Gasteiger partial charge in [0.2, 0.25) is 5.91 Å². The summed E-state index contributed by atoms with van der Waals surface area (Å²) < 4.78 is 1.83. The molecule has 8 nitrogen and oxygen atoms in total. The number of aromatic nitrogens is 4. The van der Waals surface area contributed by atoms with Crippen molar-refractivity contribution in [2.75, 3.05) is 36.4 Å². The summed E-state index contributed by atoms with van der Waals surface area (Å²) in [6.45, 7) is 4.91. The second-order valence-electron chi connectivity index (χ2n) is 9.62. The molecule has 2 aromatic heterocycles. The van der Waals surface area contributed by atoms with E-state index in [-0.39, 0.29) is 5.91 Å². The van der Waals surface area contributed by atoms with Crippen LogP contribution in [0.5, 0.6) is 0 Å². The Bertz CT molecular complexity index is 1440. The lowest BCUT2D eigenvalue weighted by Crippen LogP contribution is -2.48. The lowest BCUT2D eigenvalue weighted by Gasteiger charge is -2.36. The number of nitrogens with one attached hydrogen (secondary N) is 1. The van der Waals surface area contributed by atoms with Crippen LogP contribution in [0, 0.1) is 0 Å². The van der Waals surface area contributed by atoms with E-state index in [1.807, 2.05) is 52.7 Å². The van der Waals surface area contributed by atoms with E-state index in [0.717, 1.165) is 80.3 Å². The van der Waals surface area contributed by atoms with Crippen molar-refractivity contribution in [1.82, 2.24) is 24.5 Å². The summed E-state index contributed by atoms with van der Waals surface area (Å²) in [4.78, 5) is 25.8. The summed E-state index contributed by atoms with van der Waals surface area (Å²) in [7, 11) is 0. The predicted octanol–water partition coefficient (Wildman–Crippen LogP) is 5.13. The topological polar surface area (TPSA) is 78.7 Å². The number of amides is 1. The van der Waals surface area contributed by atoms with E-state index < -0.39 is 0 Å². The van der Waals surface area contributed by atoms with E-state index in [0.29, 0.717) is 23.0 Å². The molecule has 0 saturated carbocycles. The van der Waals surface area contributed by atoms with Crippen LogP contribution in [-0.2, 0) is 17.6 Å². The normalized spacial score (nSPS) is 15.6. The first kappa shape index (κ1) is 23.7. The summed E-state index contributed by atoms with van der Waals surface area (Å²) in [5.74, 6) is 2.38. The molecule has 1 amide bonds. The van der Waals surface area contributed by atoms with Crippen LogP contribution in [-0.4, -0.2) is 56.6 Å². The van der Waals surface area contributed by atoms with Gasteiger partial charge in [0.15, 0.2) is 5.82 Å². The zero-order valence-corrected chi connectivity index (χ0v) is 21.7. The molecule has 37 heavy (non-hydrogen) atoms. The van der Waals surface area contributed by atoms with Crippen molar-refractivity contribution in [1.29, 1.82) is 0 Å². The molecule has 6 rings (SSSR count). The molecule has 0 unspecified atom stereocenters.